The number of amides is 2. The molecule has 2 amide bonds. The van der Waals surface area contributed by atoms with Gasteiger partial charge in [0.2, 0.25) is 0 Å². The lowest BCUT2D eigenvalue weighted by Gasteiger charge is -2.25. The van der Waals surface area contributed by atoms with Gasteiger partial charge in [-0.25, -0.2) is 4.79 Å². The van der Waals surface area contributed by atoms with Crippen LogP contribution in [0.5, 0.6) is 0 Å². The predicted octanol–water partition coefficient (Wildman–Crippen LogP) is 4.53. The summed E-state index contributed by atoms with van der Waals surface area (Å²) in [6.07, 6.45) is 0. The fourth-order valence-corrected chi connectivity index (χ4v) is 2.71. The second-order valence-corrected chi connectivity index (χ2v) is 7.38. The van der Waals surface area contributed by atoms with Crippen molar-refractivity contribution in [3.05, 3.63) is 41.1 Å². The molecule has 0 aliphatic rings. The number of aromatic nitrogens is 1. The van der Waals surface area contributed by atoms with Crippen LogP contribution < -0.4 is 5.32 Å². The second-order valence-electron chi connectivity index (χ2n) is 7.38. The molecule has 0 aliphatic carbocycles. The van der Waals surface area contributed by atoms with Crippen LogP contribution in [-0.2, 0) is 6.54 Å². The predicted molar refractivity (Wildman–Crippen MR) is 100 cm³/mol. The standard InChI is InChI=1S/C20H29N3O2/c1-13(2)11-23(20(24)21-14(3)4)12-17-10-19(25-22-17)18-9-15(5)7-8-16(18)6/h7-10,13-14H,11-12H2,1-6H3,(H,21,24). The first-order valence-electron chi connectivity index (χ1n) is 8.85. The van der Waals surface area contributed by atoms with E-state index < -0.39 is 0 Å². The van der Waals surface area contributed by atoms with Gasteiger partial charge in [0.1, 0.15) is 5.69 Å². The normalized spacial score (nSPS) is 11.2. The van der Waals surface area contributed by atoms with Crippen molar-refractivity contribution < 1.29 is 9.32 Å². The van der Waals surface area contributed by atoms with E-state index in [1.54, 1.807) is 4.90 Å². The summed E-state index contributed by atoms with van der Waals surface area (Å²) in [5.41, 5.74) is 4.12. The zero-order valence-electron chi connectivity index (χ0n) is 16.1. The number of benzene rings is 1. The van der Waals surface area contributed by atoms with Crippen molar-refractivity contribution in [2.45, 2.75) is 54.1 Å². The molecule has 2 aromatic rings. The van der Waals surface area contributed by atoms with Gasteiger partial charge in [0.25, 0.3) is 0 Å². The van der Waals surface area contributed by atoms with E-state index in [2.05, 4.69) is 56.4 Å². The van der Waals surface area contributed by atoms with Crippen LogP contribution in [0.25, 0.3) is 11.3 Å². The average Bonchev–Trinajstić information content (AvgIpc) is 2.96. The van der Waals surface area contributed by atoms with Crippen molar-refractivity contribution in [2.75, 3.05) is 6.54 Å². The van der Waals surface area contributed by atoms with Crippen LogP contribution >= 0.6 is 0 Å². The van der Waals surface area contributed by atoms with Gasteiger partial charge in [0.15, 0.2) is 5.76 Å². The highest BCUT2D eigenvalue weighted by molar-refractivity contribution is 5.74. The molecule has 0 fully saturated rings. The molecule has 2 rings (SSSR count). The third-order valence-corrected chi connectivity index (χ3v) is 3.86. The molecule has 0 spiro atoms. The maximum Gasteiger partial charge on any atom is 0.317 e. The average molecular weight is 343 g/mol. The molecule has 1 N–H and O–H groups in total. The van der Waals surface area contributed by atoms with E-state index in [0.29, 0.717) is 19.0 Å². The van der Waals surface area contributed by atoms with Gasteiger partial charge >= 0.3 is 6.03 Å². The third kappa shape index (κ3) is 5.34. The molecule has 0 radical (unpaired) electrons. The Hall–Kier alpha value is -2.30. The second kappa shape index (κ2) is 8.19. The van der Waals surface area contributed by atoms with Crippen LogP contribution in [0.2, 0.25) is 0 Å². The number of carbonyl (C=O) groups excluding carboxylic acids is 1. The summed E-state index contributed by atoms with van der Waals surface area (Å²) >= 11 is 0. The molecule has 25 heavy (non-hydrogen) atoms. The molecule has 0 bridgehead atoms. The molecule has 1 heterocycles. The molecule has 0 aliphatic heterocycles. The quantitative estimate of drug-likeness (QED) is 0.838. The van der Waals surface area contributed by atoms with Crippen LogP contribution in [0.15, 0.2) is 28.8 Å². The van der Waals surface area contributed by atoms with E-state index in [9.17, 15) is 4.79 Å². The minimum atomic E-state index is -0.0695. The lowest BCUT2D eigenvalue weighted by molar-refractivity contribution is 0.183. The number of rotatable bonds is 6. The summed E-state index contributed by atoms with van der Waals surface area (Å²) in [5, 5.41) is 7.13. The Kier molecular flexibility index (Phi) is 6.23. The molecule has 0 atom stereocenters. The number of nitrogens with one attached hydrogen (secondary N) is 1. The molecule has 5 nitrogen and oxygen atoms in total. The van der Waals surface area contributed by atoms with Crippen molar-refractivity contribution >= 4 is 6.03 Å². The van der Waals surface area contributed by atoms with Crippen molar-refractivity contribution in [2.24, 2.45) is 5.92 Å². The fourth-order valence-electron chi connectivity index (χ4n) is 2.71. The molecular formula is C20H29N3O2. The van der Waals surface area contributed by atoms with Crippen LogP contribution in [0.3, 0.4) is 0 Å². The molecule has 1 aromatic heterocycles. The van der Waals surface area contributed by atoms with Crippen LogP contribution in [-0.4, -0.2) is 28.7 Å². The minimum Gasteiger partial charge on any atom is -0.356 e. The monoisotopic (exact) mass is 343 g/mol. The third-order valence-electron chi connectivity index (χ3n) is 3.86. The van der Waals surface area contributed by atoms with Gasteiger partial charge in [-0.1, -0.05) is 36.7 Å². The van der Waals surface area contributed by atoms with Gasteiger partial charge in [-0.15, -0.1) is 0 Å². The van der Waals surface area contributed by atoms with E-state index in [1.807, 2.05) is 19.9 Å². The Morgan fingerprint density at radius 2 is 1.92 bits per heavy atom. The number of hydrogen-bond donors (Lipinski definition) is 1. The van der Waals surface area contributed by atoms with Crippen molar-refractivity contribution in [1.29, 1.82) is 0 Å². The van der Waals surface area contributed by atoms with E-state index in [4.69, 9.17) is 4.52 Å². The van der Waals surface area contributed by atoms with E-state index in [1.165, 1.54) is 5.56 Å². The summed E-state index contributed by atoms with van der Waals surface area (Å²) < 4.78 is 5.54. The van der Waals surface area contributed by atoms with E-state index in [0.717, 1.165) is 22.6 Å². The largest absolute Gasteiger partial charge is 0.356 e. The van der Waals surface area contributed by atoms with Crippen LogP contribution in [0.4, 0.5) is 4.79 Å². The summed E-state index contributed by atoms with van der Waals surface area (Å²) in [5.74, 6) is 1.12. The summed E-state index contributed by atoms with van der Waals surface area (Å²) in [4.78, 5) is 14.2. The van der Waals surface area contributed by atoms with E-state index >= 15 is 0 Å². The zero-order chi connectivity index (χ0) is 18.6. The molecule has 1 aromatic carbocycles. The van der Waals surface area contributed by atoms with Gasteiger partial charge in [-0.2, -0.15) is 0 Å². The van der Waals surface area contributed by atoms with Crippen LogP contribution in [0.1, 0.15) is 44.5 Å². The first kappa shape index (κ1) is 19.0. The van der Waals surface area contributed by atoms with Gasteiger partial charge in [0.05, 0.1) is 6.54 Å². The summed E-state index contributed by atoms with van der Waals surface area (Å²) in [7, 11) is 0. The van der Waals surface area contributed by atoms with Crippen molar-refractivity contribution in [1.82, 2.24) is 15.4 Å². The Morgan fingerprint density at radius 1 is 1.20 bits per heavy atom. The molecule has 0 saturated carbocycles. The number of urea groups is 1. The Bertz CT molecular complexity index is 719. The lowest BCUT2D eigenvalue weighted by atomic mass is 10.0. The lowest BCUT2D eigenvalue weighted by Crippen LogP contribution is -2.44. The Balaban J connectivity index is 2.19. The molecule has 5 heteroatoms. The molecular weight excluding hydrogens is 314 g/mol. The first-order chi connectivity index (χ1) is 11.8. The number of aryl methyl sites for hydroxylation is 2. The number of nitrogens with zero attached hydrogens (tertiary/aromatic N) is 2. The SMILES string of the molecule is Cc1ccc(C)c(-c2cc(CN(CC(C)C)C(=O)NC(C)C)no2)c1. The van der Waals surface area contributed by atoms with Gasteiger partial charge in [0, 0.05) is 24.2 Å². The van der Waals surface area contributed by atoms with Gasteiger partial charge in [-0.3, -0.25) is 0 Å². The Morgan fingerprint density at radius 3 is 2.56 bits per heavy atom. The number of carbonyl (C=O) groups is 1. The Labute approximate surface area is 150 Å². The van der Waals surface area contributed by atoms with Gasteiger partial charge in [-0.05, 0) is 45.2 Å². The van der Waals surface area contributed by atoms with E-state index in [-0.39, 0.29) is 12.1 Å². The zero-order valence-corrected chi connectivity index (χ0v) is 16.1. The highest BCUT2D eigenvalue weighted by Crippen LogP contribution is 2.25. The maximum atomic E-state index is 12.4. The fraction of sp³-hybridized carbons (Fsp3) is 0.500. The van der Waals surface area contributed by atoms with Crippen molar-refractivity contribution in [3.8, 4) is 11.3 Å². The summed E-state index contributed by atoms with van der Waals surface area (Å²) in [6, 6.07) is 8.21. The highest BCUT2D eigenvalue weighted by Gasteiger charge is 2.19. The number of hydrogen-bond acceptors (Lipinski definition) is 3. The maximum absolute atomic E-state index is 12.4. The van der Waals surface area contributed by atoms with Crippen LogP contribution in [0, 0.1) is 19.8 Å². The minimum absolute atomic E-state index is 0.0695. The molecule has 136 valence electrons. The van der Waals surface area contributed by atoms with Crippen molar-refractivity contribution in [3.63, 3.8) is 0 Å². The van der Waals surface area contributed by atoms with Gasteiger partial charge < -0.3 is 14.7 Å². The highest BCUT2D eigenvalue weighted by atomic mass is 16.5. The summed E-state index contributed by atoms with van der Waals surface area (Å²) in [6.45, 7) is 13.3. The smallest absolute Gasteiger partial charge is 0.317 e. The topological polar surface area (TPSA) is 58.4 Å². The first-order valence-corrected chi connectivity index (χ1v) is 8.85. The molecule has 0 saturated heterocycles. The molecule has 0 unspecified atom stereocenters.